The molecule has 0 saturated heterocycles. The van der Waals surface area contributed by atoms with Crippen LogP contribution in [-0.4, -0.2) is 19.1 Å². The molecule has 0 aliphatic rings. The quantitative estimate of drug-likeness (QED) is 0.169. The summed E-state index contributed by atoms with van der Waals surface area (Å²) in [7, 11) is 0. The lowest BCUT2D eigenvalue weighted by molar-refractivity contribution is 1.16. The van der Waals surface area contributed by atoms with Crippen LogP contribution in [-0.2, 0) is 0 Å². The molecule has 60 heavy (non-hydrogen) atoms. The maximum atomic E-state index is 5.31. The molecule has 4 heteroatoms. The van der Waals surface area contributed by atoms with Gasteiger partial charge in [0, 0.05) is 49.6 Å². The Labute approximate surface area is 346 Å². The molecule has 0 spiro atoms. The van der Waals surface area contributed by atoms with E-state index in [4.69, 9.17) is 9.97 Å². The molecule has 3 heterocycles. The summed E-state index contributed by atoms with van der Waals surface area (Å²) in [4.78, 5) is 10.4. The van der Waals surface area contributed by atoms with Gasteiger partial charge in [-0.1, -0.05) is 164 Å². The summed E-state index contributed by atoms with van der Waals surface area (Å²) < 4.78 is 4.88. The van der Waals surface area contributed by atoms with Crippen LogP contribution in [0.5, 0.6) is 0 Å². The first-order valence-electron chi connectivity index (χ1n) is 20.4. The maximum Gasteiger partial charge on any atom is 0.160 e. The third-order valence-corrected chi connectivity index (χ3v) is 11.9. The van der Waals surface area contributed by atoms with E-state index in [9.17, 15) is 0 Å². The van der Waals surface area contributed by atoms with Crippen molar-refractivity contribution in [1.29, 1.82) is 0 Å². The van der Waals surface area contributed by atoms with E-state index in [2.05, 4.69) is 203 Å². The Morgan fingerprint density at radius 2 is 0.817 bits per heavy atom. The van der Waals surface area contributed by atoms with Gasteiger partial charge in [-0.2, -0.15) is 0 Å². The van der Waals surface area contributed by atoms with Crippen molar-refractivity contribution >= 4 is 54.4 Å². The molecule has 280 valence electrons. The maximum absolute atomic E-state index is 5.31. The fourth-order valence-electron chi connectivity index (χ4n) is 9.14. The van der Waals surface area contributed by atoms with Crippen LogP contribution in [0.4, 0.5) is 0 Å². The number of hydrogen-bond acceptors (Lipinski definition) is 2. The predicted molar refractivity (Wildman–Crippen MR) is 250 cm³/mol. The van der Waals surface area contributed by atoms with Crippen LogP contribution >= 0.6 is 0 Å². The molecule has 4 nitrogen and oxygen atoms in total. The van der Waals surface area contributed by atoms with Gasteiger partial charge in [0.1, 0.15) is 0 Å². The molecule has 9 aromatic carbocycles. The fraction of sp³-hybridized carbons (Fsp3) is 0. The number of nitrogens with zero attached hydrogens (tertiary/aromatic N) is 4. The van der Waals surface area contributed by atoms with E-state index >= 15 is 0 Å². The SMILES string of the molecule is c1ccc(-c2cccc(-n3c4ccccc4c4cc5c6ccccc6n(-c6cc(-c7cc(-c8ccccc8)nc(-c8ccccc8)n7)c7ccccc7c6)c5cc43)c2)cc1. The van der Waals surface area contributed by atoms with Crippen LogP contribution in [0.3, 0.4) is 0 Å². The van der Waals surface area contributed by atoms with E-state index in [1.165, 1.54) is 38.2 Å². The van der Waals surface area contributed by atoms with Crippen molar-refractivity contribution in [2.45, 2.75) is 0 Å². The van der Waals surface area contributed by atoms with Gasteiger partial charge in [-0.25, -0.2) is 9.97 Å². The van der Waals surface area contributed by atoms with E-state index in [0.29, 0.717) is 5.82 Å². The van der Waals surface area contributed by atoms with E-state index in [0.717, 1.165) is 66.8 Å². The van der Waals surface area contributed by atoms with E-state index < -0.39 is 0 Å². The molecular weight excluding hydrogens is 729 g/mol. The number of hydrogen-bond donors (Lipinski definition) is 0. The van der Waals surface area contributed by atoms with Gasteiger partial charge in [-0.15, -0.1) is 0 Å². The Morgan fingerprint density at radius 3 is 1.50 bits per heavy atom. The third kappa shape index (κ3) is 5.53. The van der Waals surface area contributed by atoms with Crippen molar-refractivity contribution in [1.82, 2.24) is 19.1 Å². The molecule has 0 saturated carbocycles. The normalized spacial score (nSPS) is 11.7. The van der Waals surface area contributed by atoms with E-state index in [1.807, 2.05) is 24.3 Å². The molecule has 12 rings (SSSR count). The average Bonchev–Trinajstić information content (AvgIpc) is 3.83. The first-order chi connectivity index (χ1) is 29.7. The highest BCUT2D eigenvalue weighted by molar-refractivity contribution is 6.19. The molecule has 3 aromatic heterocycles. The van der Waals surface area contributed by atoms with Gasteiger partial charge in [0.25, 0.3) is 0 Å². The van der Waals surface area contributed by atoms with Crippen LogP contribution < -0.4 is 0 Å². The lowest BCUT2D eigenvalue weighted by Gasteiger charge is -2.15. The van der Waals surface area contributed by atoms with Crippen molar-refractivity contribution in [2.24, 2.45) is 0 Å². The molecule has 0 radical (unpaired) electrons. The minimum atomic E-state index is 0.699. The van der Waals surface area contributed by atoms with Gasteiger partial charge in [-0.3, -0.25) is 0 Å². The van der Waals surface area contributed by atoms with Crippen LogP contribution in [0, 0.1) is 0 Å². The van der Waals surface area contributed by atoms with Gasteiger partial charge >= 0.3 is 0 Å². The van der Waals surface area contributed by atoms with E-state index in [1.54, 1.807) is 0 Å². The van der Waals surface area contributed by atoms with Gasteiger partial charge < -0.3 is 9.13 Å². The Bertz CT molecular complexity index is 3530. The Kier molecular flexibility index (Phi) is 7.82. The van der Waals surface area contributed by atoms with Crippen molar-refractivity contribution < 1.29 is 0 Å². The Morgan fingerprint density at radius 1 is 0.283 bits per heavy atom. The first-order valence-corrected chi connectivity index (χ1v) is 20.4. The molecule has 0 amide bonds. The number of rotatable bonds is 6. The second-order valence-corrected chi connectivity index (χ2v) is 15.4. The molecule has 0 aliphatic carbocycles. The summed E-state index contributed by atoms with van der Waals surface area (Å²) in [5.41, 5.74) is 14.1. The van der Waals surface area contributed by atoms with Gasteiger partial charge in [-0.05, 0) is 76.5 Å². The van der Waals surface area contributed by atoms with Gasteiger partial charge in [0.2, 0.25) is 0 Å². The van der Waals surface area contributed by atoms with Crippen LogP contribution in [0.15, 0.2) is 218 Å². The van der Waals surface area contributed by atoms with Crippen molar-refractivity contribution in [2.75, 3.05) is 0 Å². The second-order valence-electron chi connectivity index (χ2n) is 15.4. The number of fused-ring (bicyclic) bond motifs is 7. The molecular formula is C56H36N4. The smallest absolute Gasteiger partial charge is 0.160 e. The highest BCUT2D eigenvalue weighted by Crippen LogP contribution is 2.42. The summed E-state index contributed by atoms with van der Waals surface area (Å²) in [5.74, 6) is 0.699. The third-order valence-electron chi connectivity index (χ3n) is 11.9. The van der Waals surface area contributed by atoms with E-state index in [-0.39, 0.29) is 0 Å². The van der Waals surface area contributed by atoms with Crippen LogP contribution in [0.25, 0.3) is 111 Å². The Balaban J connectivity index is 1.14. The molecule has 0 N–H and O–H groups in total. The van der Waals surface area contributed by atoms with Gasteiger partial charge in [0.15, 0.2) is 5.82 Å². The largest absolute Gasteiger partial charge is 0.309 e. The number of aromatic nitrogens is 4. The first kappa shape index (κ1) is 34.0. The van der Waals surface area contributed by atoms with Crippen molar-refractivity contribution in [3.63, 3.8) is 0 Å². The molecule has 0 fully saturated rings. The molecule has 0 aliphatic heterocycles. The minimum Gasteiger partial charge on any atom is -0.309 e. The zero-order valence-electron chi connectivity index (χ0n) is 32.6. The second kappa shape index (κ2) is 13.8. The van der Waals surface area contributed by atoms with Crippen molar-refractivity contribution in [3.8, 4) is 56.4 Å². The van der Waals surface area contributed by atoms with Crippen LogP contribution in [0.2, 0.25) is 0 Å². The average molecular weight is 765 g/mol. The lowest BCUT2D eigenvalue weighted by Crippen LogP contribution is -1.99. The topological polar surface area (TPSA) is 35.6 Å². The zero-order valence-corrected chi connectivity index (χ0v) is 32.6. The summed E-state index contributed by atoms with van der Waals surface area (Å²) in [5, 5.41) is 7.18. The molecule has 0 bridgehead atoms. The predicted octanol–water partition coefficient (Wildman–Crippen LogP) is 14.5. The van der Waals surface area contributed by atoms with Crippen LogP contribution in [0.1, 0.15) is 0 Å². The summed E-state index contributed by atoms with van der Waals surface area (Å²) >= 11 is 0. The molecule has 12 aromatic rings. The Hall–Kier alpha value is -8.08. The lowest BCUT2D eigenvalue weighted by atomic mass is 9.99. The highest BCUT2D eigenvalue weighted by atomic mass is 15.0. The summed E-state index contributed by atoms with van der Waals surface area (Å²) in [6.45, 7) is 0. The minimum absolute atomic E-state index is 0.699. The van der Waals surface area contributed by atoms with Crippen molar-refractivity contribution in [3.05, 3.63) is 218 Å². The standard InChI is InChI=1S/C56H36N4/c1-4-17-37(18-5-1)40-24-16-25-42(31-40)59-52-29-14-12-27-45(52)48-34-49-46-28-13-15-30-53(46)60(55(49)36-54(48)59)43-32-41-23-10-11-26-44(41)47(33-43)51-35-50(38-19-6-2-7-20-38)57-56(58-51)39-21-8-3-9-22-39/h1-36H. The number of benzene rings is 9. The zero-order chi connectivity index (χ0) is 39.6. The monoisotopic (exact) mass is 764 g/mol. The summed E-state index contributed by atoms with van der Waals surface area (Å²) in [6, 6.07) is 78.1. The highest BCUT2D eigenvalue weighted by Gasteiger charge is 2.21. The summed E-state index contributed by atoms with van der Waals surface area (Å²) in [6.07, 6.45) is 0. The fourth-order valence-corrected chi connectivity index (χ4v) is 9.14. The molecule has 0 atom stereocenters. The molecule has 0 unspecified atom stereocenters. The number of para-hydroxylation sites is 2. The van der Waals surface area contributed by atoms with Gasteiger partial charge in [0.05, 0.1) is 33.5 Å².